The molecule has 1 aliphatic rings. The molecule has 1 unspecified atom stereocenters. The number of aryl methyl sites for hydroxylation is 2. The SMILES string of the molecule is Cc1ccc(C2C(=C(O)c3ccc(F)cc3)C(=O)C(=O)N2c2cc(C)on2)cc1. The predicted molar refractivity (Wildman–Crippen MR) is 104 cm³/mol. The van der Waals surface area contributed by atoms with Gasteiger partial charge in [0.2, 0.25) is 0 Å². The molecular weight excluding hydrogens is 375 g/mol. The number of benzene rings is 2. The van der Waals surface area contributed by atoms with Crippen LogP contribution in [-0.4, -0.2) is 22.0 Å². The Morgan fingerprint density at radius 1 is 1.07 bits per heavy atom. The first-order valence-corrected chi connectivity index (χ1v) is 8.93. The van der Waals surface area contributed by atoms with Crippen molar-refractivity contribution >= 4 is 23.3 Å². The molecule has 2 heterocycles. The highest BCUT2D eigenvalue weighted by molar-refractivity contribution is 6.51. The molecule has 6 nitrogen and oxygen atoms in total. The number of ketones is 1. The zero-order chi connectivity index (χ0) is 20.7. The first-order chi connectivity index (χ1) is 13.9. The summed E-state index contributed by atoms with van der Waals surface area (Å²) >= 11 is 0. The van der Waals surface area contributed by atoms with Crippen molar-refractivity contribution in [2.45, 2.75) is 19.9 Å². The molecule has 1 aliphatic heterocycles. The summed E-state index contributed by atoms with van der Waals surface area (Å²) in [5, 5.41) is 14.7. The topological polar surface area (TPSA) is 83.6 Å². The molecule has 0 aliphatic carbocycles. The van der Waals surface area contributed by atoms with Gasteiger partial charge in [0.1, 0.15) is 17.3 Å². The van der Waals surface area contributed by atoms with E-state index in [4.69, 9.17) is 4.52 Å². The lowest BCUT2D eigenvalue weighted by atomic mass is 9.95. The van der Waals surface area contributed by atoms with Gasteiger partial charge in [-0.1, -0.05) is 35.0 Å². The number of halogens is 1. The Hall–Kier alpha value is -3.74. The third kappa shape index (κ3) is 3.20. The third-order valence-corrected chi connectivity index (χ3v) is 4.82. The van der Waals surface area contributed by atoms with Gasteiger partial charge in [0, 0.05) is 11.6 Å². The van der Waals surface area contributed by atoms with Gasteiger partial charge in [-0.25, -0.2) is 4.39 Å². The number of hydrogen-bond acceptors (Lipinski definition) is 5. The van der Waals surface area contributed by atoms with Crippen LogP contribution < -0.4 is 4.90 Å². The van der Waals surface area contributed by atoms with Gasteiger partial charge in [0.05, 0.1) is 11.6 Å². The first-order valence-electron chi connectivity index (χ1n) is 8.93. The van der Waals surface area contributed by atoms with E-state index in [9.17, 15) is 19.1 Å². The molecule has 2 aromatic carbocycles. The van der Waals surface area contributed by atoms with Gasteiger partial charge in [-0.05, 0) is 43.7 Å². The van der Waals surface area contributed by atoms with E-state index in [0.717, 1.165) is 5.56 Å². The van der Waals surface area contributed by atoms with Gasteiger partial charge in [-0.3, -0.25) is 14.5 Å². The van der Waals surface area contributed by atoms with Crippen LogP contribution in [0.1, 0.15) is 28.5 Å². The number of aliphatic hydroxyl groups excluding tert-OH is 1. The number of carbonyl (C=O) groups excluding carboxylic acids is 2. The van der Waals surface area contributed by atoms with Gasteiger partial charge in [0.15, 0.2) is 5.82 Å². The molecule has 0 bridgehead atoms. The molecule has 1 fully saturated rings. The average molecular weight is 392 g/mol. The first kappa shape index (κ1) is 18.6. The highest BCUT2D eigenvalue weighted by Crippen LogP contribution is 2.41. The summed E-state index contributed by atoms with van der Waals surface area (Å²) < 4.78 is 18.4. The largest absolute Gasteiger partial charge is 0.507 e. The minimum Gasteiger partial charge on any atom is -0.507 e. The Morgan fingerprint density at radius 2 is 1.72 bits per heavy atom. The van der Waals surface area contributed by atoms with Crippen LogP contribution in [0.2, 0.25) is 0 Å². The van der Waals surface area contributed by atoms with E-state index >= 15 is 0 Å². The van der Waals surface area contributed by atoms with E-state index in [-0.39, 0.29) is 22.7 Å². The lowest BCUT2D eigenvalue weighted by molar-refractivity contribution is -0.132. The maximum Gasteiger partial charge on any atom is 0.301 e. The number of amides is 1. The Morgan fingerprint density at radius 3 is 2.31 bits per heavy atom. The van der Waals surface area contributed by atoms with Gasteiger partial charge < -0.3 is 9.63 Å². The van der Waals surface area contributed by atoms with Crippen LogP contribution >= 0.6 is 0 Å². The normalized spacial score (nSPS) is 18.4. The van der Waals surface area contributed by atoms with E-state index in [0.29, 0.717) is 11.3 Å². The van der Waals surface area contributed by atoms with Crippen molar-refractivity contribution in [2.75, 3.05) is 4.90 Å². The zero-order valence-corrected chi connectivity index (χ0v) is 15.7. The van der Waals surface area contributed by atoms with E-state index in [1.54, 1.807) is 25.1 Å². The Balaban J connectivity index is 1.93. The predicted octanol–water partition coefficient (Wildman–Crippen LogP) is 4.06. The Bertz CT molecular complexity index is 1130. The third-order valence-electron chi connectivity index (χ3n) is 4.82. The summed E-state index contributed by atoms with van der Waals surface area (Å²) in [6, 6.07) is 13.0. The van der Waals surface area contributed by atoms with Gasteiger partial charge in [0.25, 0.3) is 5.78 Å². The number of rotatable bonds is 3. The monoisotopic (exact) mass is 392 g/mol. The van der Waals surface area contributed by atoms with E-state index in [1.807, 2.05) is 19.1 Å². The molecule has 1 amide bonds. The molecule has 3 aromatic rings. The standard InChI is InChI=1S/C22H17FN2O4/c1-12-3-5-14(6-4-12)19-18(20(26)15-7-9-16(23)10-8-15)21(27)22(28)25(19)17-11-13(2)29-24-17/h3-11,19,26H,1-2H3. The summed E-state index contributed by atoms with van der Waals surface area (Å²) in [5.41, 5.74) is 1.77. The molecule has 1 saturated heterocycles. The van der Waals surface area contributed by atoms with E-state index in [2.05, 4.69) is 5.16 Å². The molecule has 0 radical (unpaired) electrons. The molecule has 29 heavy (non-hydrogen) atoms. The number of aliphatic hydroxyl groups is 1. The molecule has 1 atom stereocenters. The van der Waals surface area contributed by atoms with Crippen molar-refractivity contribution in [1.29, 1.82) is 0 Å². The molecule has 0 spiro atoms. The van der Waals surface area contributed by atoms with Crippen molar-refractivity contribution in [2.24, 2.45) is 0 Å². The van der Waals surface area contributed by atoms with Crippen LogP contribution in [-0.2, 0) is 9.59 Å². The van der Waals surface area contributed by atoms with Crippen LogP contribution in [0.25, 0.3) is 5.76 Å². The van der Waals surface area contributed by atoms with Crippen molar-refractivity contribution in [3.63, 3.8) is 0 Å². The van der Waals surface area contributed by atoms with Crippen LogP contribution in [0.4, 0.5) is 10.2 Å². The Labute approximate surface area is 165 Å². The van der Waals surface area contributed by atoms with Crippen molar-refractivity contribution in [3.05, 3.63) is 88.4 Å². The van der Waals surface area contributed by atoms with Gasteiger partial charge >= 0.3 is 5.91 Å². The second-order valence-corrected chi connectivity index (χ2v) is 6.88. The number of aromatic nitrogens is 1. The summed E-state index contributed by atoms with van der Waals surface area (Å²) in [6.07, 6.45) is 0. The smallest absolute Gasteiger partial charge is 0.301 e. The van der Waals surface area contributed by atoms with Crippen LogP contribution in [0, 0.1) is 19.7 Å². The van der Waals surface area contributed by atoms with Crippen LogP contribution in [0.5, 0.6) is 0 Å². The van der Waals surface area contributed by atoms with Gasteiger partial charge in [-0.2, -0.15) is 0 Å². The minimum absolute atomic E-state index is 0.0916. The fraction of sp³-hybridized carbons (Fsp3) is 0.136. The lowest BCUT2D eigenvalue weighted by Crippen LogP contribution is -2.29. The van der Waals surface area contributed by atoms with Gasteiger partial charge in [-0.15, -0.1) is 0 Å². The second kappa shape index (κ2) is 7.01. The molecule has 1 N–H and O–H groups in total. The Kier molecular flexibility index (Phi) is 4.50. The molecule has 7 heteroatoms. The minimum atomic E-state index is -0.898. The zero-order valence-electron chi connectivity index (χ0n) is 15.7. The molecule has 1 aromatic heterocycles. The average Bonchev–Trinajstić information content (AvgIpc) is 3.24. The maximum absolute atomic E-state index is 13.3. The van der Waals surface area contributed by atoms with Crippen LogP contribution in [0.15, 0.2) is 64.7 Å². The maximum atomic E-state index is 13.3. The van der Waals surface area contributed by atoms with Crippen molar-refractivity contribution in [1.82, 2.24) is 5.16 Å². The number of nitrogens with zero attached hydrogens (tertiary/aromatic N) is 2. The van der Waals surface area contributed by atoms with Crippen molar-refractivity contribution < 1.29 is 23.6 Å². The van der Waals surface area contributed by atoms with E-state index < -0.39 is 23.5 Å². The molecule has 146 valence electrons. The van der Waals surface area contributed by atoms with Crippen LogP contribution in [0.3, 0.4) is 0 Å². The summed E-state index contributed by atoms with van der Waals surface area (Å²) in [6.45, 7) is 3.59. The summed E-state index contributed by atoms with van der Waals surface area (Å²) in [7, 11) is 0. The molecule has 0 saturated carbocycles. The lowest BCUT2D eigenvalue weighted by Gasteiger charge is -2.23. The van der Waals surface area contributed by atoms with Crippen molar-refractivity contribution in [3.8, 4) is 0 Å². The quantitative estimate of drug-likeness (QED) is 0.413. The number of carbonyl (C=O) groups is 2. The summed E-state index contributed by atoms with van der Waals surface area (Å²) in [5.74, 6) is -1.88. The molecule has 4 rings (SSSR count). The molecular formula is C22H17FN2O4. The number of Topliss-reactive ketones (excluding diaryl/α,β-unsaturated/α-hetero) is 1. The second-order valence-electron chi connectivity index (χ2n) is 6.88. The summed E-state index contributed by atoms with van der Waals surface area (Å²) in [4.78, 5) is 26.9. The fourth-order valence-corrected chi connectivity index (χ4v) is 3.36. The fourth-order valence-electron chi connectivity index (χ4n) is 3.36. The number of hydrogen-bond donors (Lipinski definition) is 1. The number of anilines is 1. The highest BCUT2D eigenvalue weighted by Gasteiger charge is 2.48. The highest BCUT2D eigenvalue weighted by atomic mass is 19.1. The van der Waals surface area contributed by atoms with E-state index in [1.165, 1.54) is 29.2 Å².